The van der Waals surface area contributed by atoms with Crippen LogP contribution in [0.3, 0.4) is 0 Å². The zero-order valence-electron chi connectivity index (χ0n) is 19.8. The average Bonchev–Trinajstić information content (AvgIpc) is 3.16. The van der Waals surface area contributed by atoms with E-state index in [1.54, 1.807) is 0 Å². The van der Waals surface area contributed by atoms with E-state index in [0.717, 1.165) is 44.6 Å². The van der Waals surface area contributed by atoms with E-state index in [0.29, 0.717) is 42.0 Å². The van der Waals surface area contributed by atoms with Crippen molar-refractivity contribution in [2.75, 3.05) is 6.54 Å². The third-order valence-electron chi connectivity index (χ3n) is 11.4. The standard InChI is InChI=1S/C27H41NO3/c1-15-5-10-27(28-14-15)16(2)24-22(31-27)13-20-23-19(7-9-26(20,24)4)25(3)8-6-18(29)11-17(25)12-21(23)30/h12,15-16,18-20,22-24,28-29H,5-11,13-14H2,1-4H3. The second-order valence-electron chi connectivity index (χ2n) is 12.8. The lowest BCUT2D eigenvalue weighted by Crippen LogP contribution is -2.57. The molecule has 0 amide bonds. The third kappa shape index (κ3) is 2.68. The highest BCUT2D eigenvalue weighted by atomic mass is 16.5. The van der Waals surface area contributed by atoms with Gasteiger partial charge in [-0.3, -0.25) is 10.1 Å². The van der Waals surface area contributed by atoms with Crippen molar-refractivity contribution < 1.29 is 14.6 Å². The van der Waals surface area contributed by atoms with E-state index >= 15 is 0 Å². The molecule has 4 aliphatic carbocycles. The number of allylic oxidation sites excluding steroid dienone is 1. The molecule has 11 unspecified atom stereocenters. The Bertz CT molecular complexity index is 813. The van der Waals surface area contributed by atoms with Crippen molar-refractivity contribution in [1.29, 1.82) is 0 Å². The number of ketones is 1. The second-order valence-corrected chi connectivity index (χ2v) is 12.8. The molecule has 1 spiro atoms. The van der Waals surface area contributed by atoms with Gasteiger partial charge in [-0.05, 0) is 91.9 Å². The lowest BCUT2D eigenvalue weighted by molar-refractivity contribution is -0.139. The van der Waals surface area contributed by atoms with E-state index < -0.39 is 0 Å². The van der Waals surface area contributed by atoms with Crippen LogP contribution in [-0.2, 0) is 9.53 Å². The Morgan fingerprint density at radius 3 is 2.65 bits per heavy atom. The number of nitrogens with one attached hydrogen (secondary N) is 1. The van der Waals surface area contributed by atoms with Crippen LogP contribution >= 0.6 is 0 Å². The minimum atomic E-state index is -0.264. The number of carbonyl (C=O) groups is 1. The molecule has 2 N–H and O–H groups in total. The number of aliphatic hydroxyl groups excluding tert-OH is 1. The summed E-state index contributed by atoms with van der Waals surface area (Å²) in [7, 11) is 0. The first-order chi connectivity index (χ1) is 14.7. The maximum absolute atomic E-state index is 13.5. The predicted molar refractivity (Wildman–Crippen MR) is 120 cm³/mol. The molecule has 2 aliphatic heterocycles. The second kappa shape index (κ2) is 6.67. The van der Waals surface area contributed by atoms with Crippen LogP contribution in [0.5, 0.6) is 0 Å². The third-order valence-corrected chi connectivity index (χ3v) is 11.4. The molecule has 31 heavy (non-hydrogen) atoms. The highest BCUT2D eigenvalue weighted by Gasteiger charge is 2.69. The fourth-order valence-electron chi connectivity index (χ4n) is 9.59. The lowest BCUT2D eigenvalue weighted by Gasteiger charge is -2.57. The SMILES string of the molecule is CC1CCC2(NC1)OC1CC3C4C(=O)C=C5CC(O)CCC5(C)C4CCC3(C)C1C2C. The van der Waals surface area contributed by atoms with E-state index in [1.807, 2.05) is 6.08 Å². The fourth-order valence-corrected chi connectivity index (χ4v) is 9.59. The molecule has 0 radical (unpaired) electrons. The Morgan fingerprint density at radius 1 is 1.10 bits per heavy atom. The number of carbonyl (C=O) groups excluding carboxylic acids is 1. The summed E-state index contributed by atoms with van der Waals surface area (Å²) < 4.78 is 6.92. The summed E-state index contributed by atoms with van der Waals surface area (Å²) in [6.45, 7) is 10.7. The highest BCUT2D eigenvalue weighted by molar-refractivity contribution is 5.94. The van der Waals surface area contributed by atoms with Crippen LogP contribution < -0.4 is 5.32 Å². The minimum absolute atomic E-state index is 0.103. The van der Waals surface area contributed by atoms with Crippen LogP contribution in [0.2, 0.25) is 0 Å². The van der Waals surface area contributed by atoms with Crippen LogP contribution in [0.4, 0.5) is 0 Å². The van der Waals surface area contributed by atoms with E-state index in [1.165, 1.54) is 18.4 Å². The quantitative estimate of drug-likeness (QED) is 0.599. The molecule has 0 bridgehead atoms. The summed E-state index contributed by atoms with van der Waals surface area (Å²) in [5.41, 5.74) is 1.40. The molecule has 2 saturated heterocycles. The van der Waals surface area contributed by atoms with Gasteiger partial charge in [-0.2, -0.15) is 0 Å². The minimum Gasteiger partial charge on any atom is -0.393 e. The molecule has 11 atom stereocenters. The summed E-state index contributed by atoms with van der Waals surface area (Å²) >= 11 is 0. The molecule has 5 fully saturated rings. The van der Waals surface area contributed by atoms with E-state index in [2.05, 4.69) is 33.0 Å². The van der Waals surface area contributed by atoms with E-state index in [4.69, 9.17) is 4.74 Å². The van der Waals surface area contributed by atoms with Gasteiger partial charge in [0.15, 0.2) is 5.78 Å². The van der Waals surface area contributed by atoms with Gasteiger partial charge in [-0.25, -0.2) is 0 Å². The molecular formula is C27H41NO3. The maximum atomic E-state index is 13.5. The first-order valence-electron chi connectivity index (χ1n) is 13.0. The smallest absolute Gasteiger partial charge is 0.159 e. The Morgan fingerprint density at radius 2 is 1.90 bits per heavy atom. The van der Waals surface area contributed by atoms with E-state index in [9.17, 15) is 9.90 Å². The normalized spacial score (nSPS) is 58.4. The molecule has 0 aromatic carbocycles. The van der Waals surface area contributed by atoms with Crippen molar-refractivity contribution in [2.45, 2.75) is 97.0 Å². The number of aliphatic hydroxyl groups is 1. The van der Waals surface area contributed by atoms with Crippen molar-refractivity contribution in [1.82, 2.24) is 5.32 Å². The largest absolute Gasteiger partial charge is 0.393 e. The Kier molecular flexibility index (Phi) is 4.49. The monoisotopic (exact) mass is 427 g/mol. The highest BCUT2D eigenvalue weighted by Crippen LogP contribution is 2.69. The zero-order chi connectivity index (χ0) is 21.8. The first kappa shape index (κ1) is 20.9. The molecule has 6 rings (SSSR count). The predicted octanol–water partition coefficient (Wildman–Crippen LogP) is 4.47. The van der Waals surface area contributed by atoms with Gasteiger partial charge in [-0.15, -0.1) is 0 Å². The van der Waals surface area contributed by atoms with Gasteiger partial charge in [0, 0.05) is 18.4 Å². The Hall–Kier alpha value is -0.710. The van der Waals surface area contributed by atoms with Crippen molar-refractivity contribution in [2.24, 2.45) is 46.3 Å². The van der Waals surface area contributed by atoms with Crippen LogP contribution in [-0.4, -0.2) is 35.4 Å². The van der Waals surface area contributed by atoms with Crippen LogP contribution in [0.25, 0.3) is 0 Å². The van der Waals surface area contributed by atoms with Crippen LogP contribution in [0.15, 0.2) is 11.6 Å². The van der Waals surface area contributed by atoms with Gasteiger partial charge in [0.05, 0.1) is 12.2 Å². The maximum Gasteiger partial charge on any atom is 0.159 e. The van der Waals surface area contributed by atoms with Crippen LogP contribution in [0.1, 0.15) is 79.1 Å². The molecule has 4 heteroatoms. The summed E-state index contributed by atoms with van der Waals surface area (Å²) in [4.78, 5) is 13.5. The van der Waals surface area contributed by atoms with Gasteiger partial charge >= 0.3 is 0 Å². The van der Waals surface area contributed by atoms with Gasteiger partial charge in [0.2, 0.25) is 0 Å². The van der Waals surface area contributed by atoms with Gasteiger partial charge in [-0.1, -0.05) is 33.3 Å². The number of hydrogen-bond donors (Lipinski definition) is 2. The molecule has 2 heterocycles. The summed E-state index contributed by atoms with van der Waals surface area (Å²) in [6.07, 6.45) is 10.4. The topological polar surface area (TPSA) is 58.6 Å². The Labute approximate surface area is 187 Å². The number of hydrogen-bond acceptors (Lipinski definition) is 4. The van der Waals surface area contributed by atoms with Crippen molar-refractivity contribution in [3.63, 3.8) is 0 Å². The van der Waals surface area contributed by atoms with Gasteiger partial charge < -0.3 is 9.84 Å². The molecule has 172 valence electrons. The lowest BCUT2D eigenvalue weighted by atomic mass is 9.46. The molecule has 0 aromatic rings. The van der Waals surface area contributed by atoms with Gasteiger partial charge in [0.1, 0.15) is 5.72 Å². The number of ether oxygens (including phenoxy) is 1. The number of rotatable bonds is 0. The average molecular weight is 428 g/mol. The van der Waals surface area contributed by atoms with Crippen molar-refractivity contribution in [3.8, 4) is 0 Å². The number of piperidine rings is 1. The molecule has 0 aromatic heterocycles. The molecular weight excluding hydrogens is 386 g/mol. The summed E-state index contributed by atoms with van der Waals surface area (Å²) in [6, 6.07) is 0. The fraction of sp³-hybridized carbons (Fsp3) is 0.889. The first-order valence-corrected chi connectivity index (χ1v) is 13.0. The molecule has 6 aliphatic rings. The van der Waals surface area contributed by atoms with Gasteiger partial charge in [0.25, 0.3) is 0 Å². The Balaban J connectivity index is 1.32. The van der Waals surface area contributed by atoms with Crippen molar-refractivity contribution in [3.05, 3.63) is 11.6 Å². The summed E-state index contributed by atoms with van der Waals surface area (Å²) in [5, 5.41) is 14.1. The van der Waals surface area contributed by atoms with Crippen molar-refractivity contribution >= 4 is 5.78 Å². The summed E-state index contributed by atoms with van der Waals surface area (Å²) in [5.74, 6) is 3.19. The number of fused-ring (bicyclic) bond motifs is 7. The van der Waals surface area contributed by atoms with Crippen LogP contribution in [0, 0.1) is 46.3 Å². The van der Waals surface area contributed by atoms with E-state index in [-0.39, 0.29) is 28.6 Å². The molecule has 3 saturated carbocycles. The molecule has 4 nitrogen and oxygen atoms in total. The zero-order valence-corrected chi connectivity index (χ0v) is 19.8.